The highest BCUT2D eigenvalue weighted by Gasteiger charge is 2.14. The zero-order chi connectivity index (χ0) is 15.6. The molecule has 0 fully saturated rings. The van der Waals surface area contributed by atoms with E-state index in [1.807, 2.05) is 19.1 Å². The van der Waals surface area contributed by atoms with Gasteiger partial charge >= 0.3 is 0 Å². The molecule has 21 heavy (non-hydrogen) atoms. The molecule has 0 aliphatic heterocycles. The fourth-order valence-electron chi connectivity index (χ4n) is 2.40. The van der Waals surface area contributed by atoms with Crippen molar-refractivity contribution in [1.82, 2.24) is 4.72 Å². The van der Waals surface area contributed by atoms with Gasteiger partial charge in [-0.2, -0.15) is 0 Å². The van der Waals surface area contributed by atoms with E-state index in [1.54, 1.807) is 12.1 Å². The molecular weight excluding hydrogens is 282 g/mol. The van der Waals surface area contributed by atoms with E-state index < -0.39 is 10.0 Å². The van der Waals surface area contributed by atoms with Crippen LogP contribution in [0.4, 0.5) is 0 Å². The van der Waals surface area contributed by atoms with Crippen LogP contribution in [0.3, 0.4) is 0 Å². The predicted octanol–water partition coefficient (Wildman–Crippen LogP) is 4.41. The summed E-state index contributed by atoms with van der Waals surface area (Å²) < 4.78 is 27.0. The van der Waals surface area contributed by atoms with E-state index in [4.69, 9.17) is 0 Å². The van der Waals surface area contributed by atoms with E-state index in [0.29, 0.717) is 11.4 Å². The molecule has 0 spiro atoms. The van der Waals surface area contributed by atoms with Crippen molar-refractivity contribution in [3.8, 4) is 0 Å². The van der Waals surface area contributed by atoms with Crippen LogP contribution in [0.1, 0.15) is 63.9 Å². The molecule has 0 atom stereocenters. The molecule has 1 aromatic rings. The summed E-state index contributed by atoms with van der Waals surface area (Å²) in [6.07, 6.45) is 9.73. The molecule has 1 N–H and O–H groups in total. The topological polar surface area (TPSA) is 46.2 Å². The minimum absolute atomic E-state index is 0.393. The summed E-state index contributed by atoms with van der Waals surface area (Å²) in [5.74, 6) is 0. The van der Waals surface area contributed by atoms with Gasteiger partial charge in [0, 0.05) is 6.54 Å². The monoisotopic (exact) mass is 311 g/mol. The summed E-state index contributed by atoms with van der Waals surface area (Å²) in [4.78, 5) is 0.393. The van der Waals surface area contributed by atoms with E-state index >= 15 is 0 Å². The normalized spacial score (nSPS) is 11.7. The lowest BCUT2D eigenvalue weighted by Crippen LogP contribution is -2.25. The van der Waals surface area contributed by atoms with Gasteiger partial charge in [-0.25, -0.2) is 13.1 Å². The first-order chi connectivity index (χ1) is 10.1. The van der Waals surface area contributed by atoms with Gasteiger partial charge in [-0.3, -0.25) is 0 Å². The van der Waals surface area contributed by atoms with Crippen LogP contribution in [-0.4, -0.2) is 15.0 Å². The van der Waals surface area contributed by atoms with E-state index in [1.165, 1.54) is 38.5 Å². The molecule has 0 saturated carbocycles. The molecule has 0 aliphatic rings. The largest absolute Gasteiger partial charge is 0.240 e. The number of hydrogen-bond acceptors (Lipinski definition) is 2. The van der Waals surface area contributed by atoms with Gasteiger partial charge in [-0.15, -0.1) is 0 Å². The van der Waals surface area contributed by atoms with E-state index in [-0.39, 0.29) is 0 Å². The summed E-state index contributed by atoms with van der Waals surface area (Å²) in [5.41, 5.74) is 0.793. The second-order valence-corrected chi connectivity index (χ2v) is 7.37. The molecule has 120 valence electrons. The van der Waals surface area contributed by atoms with Crippen LogP contribution < -0.4 is 4.72 Å². The minimum Gasteiger partial charge on any atom is -0.211 e. The maximum Gasteiger partial charge on any atom is 0.240 e. The highest BCUT2D eigenvalue weighted by atomic mass is 32.2. The molecule has 0 radical (unpaired) electrons. The standard InChI is InChI=1S/C17H29NO2S/c1-3-4-5-6-7-8-9-12-15-18-21(19,20)17-14-11-10-13-16(17)2/h10-11,13-14,18H,3-9,12,15H2,1-2H3. The van der Waals surface area contributed by atoms with Crippen molar-refractivity contribution in [3.05, 3.63) is 29.8 Å². The molecule has 4 heteroatoms. The Morgan fingerprint density at radius 2 is 1.48 bits per heavy atom. The number of rotatable bonds is 11. The van der Waals surface area contributed by atoms with Crippen LogP contribution >= 0.6 is 0 Å². The molecule has 0 unspecified atom stereocenters. The maximum absolute atomic E-state index is 12.1. The van der Waals surface area contributed by atoms with Crippen LogP contribution in [0, 0.1) is 6.92 Å². The van der Waals surface area contributed by atoms with Gasteiger partial charge in [-0.05, 0) is 25.0 Å². The first-order valence-electron chi connectivity index (χ1n) is 8.13. The summed E-state index contributed by atoms with van der Waals surface area (Å²) >= 11 is 0. The van der Waals surface area contributed by atoms with Crippen LogP contribution in [0.5, 0.6) is 0 Å². The molecule has 0 saturated heterocycles. The Morgan fingerprint density at radius 1 is 0.905 bits per heavy atom. The maximum atomic E-state index is 12.1. The SMILES string of the molecule is CCCCCCCCCCNS(=O)(=O)c1ccccc1C. The Hall–Kier alpha value is -0.870. The molecule has 1 rings (SSSR count). The third kappa shape index (κ3) is 7.09. The molecule has 0 heterocycles. The van der Waals surface area contributed by atoms with E-state index in [2.05, 4.69) is 11.6 Å². The first-order valence-corrected chi connectivity index (χ1v) is 9.61. The van der Waals surface area contributed by atoms with Crippen molar-refractivity contribution < 1.29 is 8.42 Å². The Morgan fingerprint density at radius 3 is 2.10 bits per heavy atom. The van der Waals surface area contributed by atoms with Crippen molar-refractivity contribution in [2.45, 2.75) is 70.1 Å². The number of aryl methyl sites for hydroxylation is 1. The molecular formula is C17H29NO2S. The Bertz CT molecular complexity index is 497. The molecule has 0 bridgehead atoms. The highest BCUT2D eigenvalue weighted by molar-refractivity contribution is 7.89. The second kappa shape index (κ2) is 9.96. The molecule has 3 nitrogen and oxygen atoms in total. The fourth-order valence-corrected chi connectivity index (χ4v) is 3.72. The number of benzene rings is 1. The van der Waals surface area contributed by atoms with Crippen LogP contribution in [0.25, 0.3) is 0 Å². The van der Waals surface area contributed by atoms with Crippen molar-refractivity contribution in [2.75, 3.05) is 6.54 Å². The van der Waals surface area contributed by atoms with Crippen LogP contribution in [0.15, 0.2) is 29.2 Å². The van der Waals surface area contributed by atoms with Gasteiger partial charge in [0.05, 0.1) is 4.90 Å². The quantitative estimate of drug-likeness (QED) is 0.615. The average molecular weight is 311 g/mol. The number of nitrogens with one attached hydrogen (secondary N) is 1. The third-order valence-corrected chi connectivity index (χ3v) is 5.33. The molecule has 0 aliphatic carbocycles. The number of hydrogen-bond donors (Lipinski definition) is 1. The summed E-state index contributed by atoms with van der Waals surface area (Å²) in [5, 5.41) is 0. The van der Waals surface area contributed by atoms with Crippen molar-refractivity contribution in [3.63, 3.8) is 0 Å². The van der Waals surface area contributed by atoms with Crippen LogP contribution in [-0.2, 0) is 10.0 Å². The molecule has 0 amide bonds. The summed E-state index contributed by atoms with van der Waals surface area (Å²) in [7, 11) is -3.35. The van der Waals surface area contributed by atoms with Gasteiger partial charge in [0.25, 0.3) is 0 Å². The van der Waals surface area contributed by atoms with E-state index in [9.17, 15) is 8.42 Å². The number of sulfonamides is 1. The zero-order valence-corrected chi connectivity index (χ0v) is 14.2. The van der Waals surface area contributed by atoms with Gasteiger partial charge < -0.3 is 0 Å². The Balaban J connectivity index is 2.19. The lowest BCUT2D eigenvalue weighted by molar-refractivity contribution is 0.558. The van der Waals surface area contributed by atoms with Gasteiger partial charge in [0.2, 0.25) is 10.0 Å². The van der Waals surface area contributed by atoms with Crippen molar-refractivity contribution in [2.24, 2.45) is 0 Å². The average Bonchev–Trinajstić information content (AvgIpc) is 2.46. The van der Waals surface area contributed by atoms with Gasteiger partial charge in [0.15, 0.2) is 0 Å². The van der Waals surface area contributed by atoms with E-state index in [0.717, 1.165) is 18.4 Å². The Kier molecular flexibility index (Phi) is 8.62. The predicted molar refractivity (Wildman–Crippen MR) is 89.0 cm³/mol. The molecule has 1 aromatic carbocycles. The smallest absolute Gasteiger partial charge is 0.211 e. The van der Waals surface area contributed by atoms with Gasteiger partial charge in [-0.1, -0.05) is 70.1 Å². The lowest BCUT2D eigenvalue weighted by Gasteiger charge is -2.09. The third-order valence-electron chi connectivity index (χ3n) is 3.71. The fraction of sp³-hybridized carbons (Fsp3) is 0.647. The summed E-state index contributed by atoms with van der Waals surface area (Å²) in [6.45, 7) is 4.58. The zero-order valence-electron chi connectivity index (χ0n) is 13.4. The van der Waals surface area contributed by atoms with Crippen molar-refractivity contribution >= 4 is 10.0 Å². The van der Waals surface area contributed by atoms with Gasteiger partial charge in [0.1, 0.15) is 0 Å². The minimum atomic E-state index is -3.35. The Labute approximate surface area is 130 Å². The summed E-state index contributed by atoms with van der Waals surface area (Å²) in [6, 6.07) is 7.10. The van der Waals surface area contributed by atoms with Crippen LogP contribution in [0.2, 0.25) is 0 Å². The van der Waals surface area contributed by atoms with Crippen molar-refractivity contribution in [1.29, 1.82) is 0 Å². The molecule has 0 aromatic heterocycles. The first kappa shape index (κ1) is 18.2. The highest BCUT2D eigenvalue weighted by Crippen LogP contribution is 2.14. The second-order valence-electron chi connectivity index (χ2n) is 5.64. The lowest BCUT2D eigenvalue weighted by atomic mass is 10.1. The number of unbranched alkanes of at least 4 members (excludes halogenated alkanes) is 7.